The Morgan fingerprint density at radius 3 is 2.65 bits per heavy atom. The molecular weight excluding hydrogens is 223 g/mol. The van der Waals surface area contributed by atoms with Crippen LogP contribution in [0.5, 0.6) is 0 Å². The Balaban J connectivity index is 2.25. The Kier molecular flexibility index (Phi) is 2.49. The van der Waals surface area contributed by atoms with Crippen LogP contribution in [0.25, 0.3) is 0 Å². The lowest BCUT2D eigenvalue weighted by molar-refractivity contribution is 0.0692. The SMILES string of the molecule is CC1(C)CC1Nc1cc(F)c(C(=O)O)cc1N. The summed E-state index contributed by atoms with van der Waals surface area (Å²) in [5, 5.41) is 11.9. The zero-order valence-electron chi connectivity index (χ0n) is 9.75. The molecule has 1 fully saturated rings. The molecule has 5 heteroatoms. The number of benzene rings is 1. The Labute approximate surface area is 98.6 Å². The summed E-state index contributed by atoms with van der Waals surface area (Å²) in [6.07, 6.45) is 0.995. The molecule has 0 aliphatic heterocycles. The van der Waals surface area contributed by atoms with E-state index in [-0.39, 0.29) is 17.1 Å². The van der Waals surface area contributed by atoms with Gasteiger partial charge >= 0.3 is 5.97 Å². The van der Waals surface area contributed by atoms with Crippen LogP contribution in [0.1, 0.15) is 30.6 Å². The molecule has 4 N–H and O–H groups in total. The molecule has 0 spiro atoms. The molecule has 0 radical (unpaired) electrons. The van der Waals surface area contributed by atoms with Gasteiger partial charge in [0.25, 0.3) is 0 Å². The van der Waals surface area contributed by atoms with Crippen LogP contribution in [-0.4, -0.2) is 17.1 Å². The highest BCUT2D eigenvalue weighted by Gasteiger charge is 2.45. The number of carboxylic acid groups (broad SMARTS) is 1. The summed E-state index contributed by atoms with van der Waals surface area (Å²) >= 11 is 0. The number of rotatable bonds is 3. The molecule has 1 aromatic carbocycles. The molecular formula is C12H15FN2O2. The van der Waals surface area contributed by atoms with Crippen LogP contribution in [0.2, 0.25) is 0 Å². The number of anilines is 2. The van der Waals surface area contributed by atoms with Crippen LogP contribution in [-0.2, 0) is 0 Å². The van der Waals surface area contributed by atoms with Crippen LogP contribution in [0.15, 0.2) is 12.1 Å². The monoisotopic (exact) mass is 238 g/mol. The van der Waals surface area contributed by atoms with Gasteiger partial charge in [0, 0.05) is 6.04 Å². The first kappa shape index (κ1) is 11.7. The average Bonchev–Trinajstić information content (AvgIpc) is 2.79. The van der Waals surface area contributed by atoms with Crippen molar-refractivity contribution in [2.75, 3.05) is 11.1 Å². The Morgan fingerprint density at radius 1 is 1.59 bits per heavy atom. The normalized spacial score (nSPS) is 21.0. The van der Waals surface area contributed by atoms with Crippen molar-refractivity contribution < 1.29 is 14.3 Å². The van der Waals surface area contributed by atoms with Crippen molar-refractivity contribution >= 4 is 17.3 Å². The molecule has 0 aromatic heterocycles. The van der Waals surface area contributed by atoms with Gasteiger partial charge in [-0.1, -0.05) is 13.8 Å². The molecule has 4 nitrogen and oxygen atoms in total. The molecule has 2 rings (SSSR count). The van der Waals surface area contributed by atoms with Crippen molar-refractivity contribution in [3.05, 3.63) is 23.5 Å². The van der Waals surface area contributed by atoms with Crippen molar-refractivity contribution in [1.82, 2.24) is 0 Å². The van der Waals surface area contributed by atoms with Gasteiger partial charge in [0.2, 0.25) is 0 Å². The maximum atomic E-state index is 13.5. The number of hydrogen-bond donors (Lipinski definition) is 3. The van der Waals surface area contributed by atoms with Crippen molar-refractivity contribution in [2.24, 2.45) is 5.41 Å². The number of nitrogen functional groups attached to an aromatic ring is 1. The van der Waals surface area contributed by atoms with Crippen LogP contribution in [0.3, 0.4) is 0 Å². The van der Waals surface area contributed by atoms with Crippen LogP contribution in [0.4, 0.5) is 15.8 Å². The van der Waals surface area contributed by atoms with E-state index in [1.54, 1.807) is 0 Å². The molecule has 1 aliphatic carbocycles. The van der Waals surface area contributed by atoms with E-state index < -0.39 is 17.3 Å². The first-order chi connectivity index (χ1) is 7.81. The predicted molar refractivity (Wildman–Crippen MR) is 63.6 cm³/mol. The zero-order chi connectivity index (χ0) is 12.8. The fraction of sp³-hybridized carbons (Fsp3) is 0.417. The molecule has 92 valence electrons. The smallest absolute Gasteiger partial charge is 0.338 e. The molecule has 0 heterocycles. The van der Waals surface area contributed by atoms with Gasteiger partial charge in [-0.25, -0.2) is 9.18 Å². The molecule has 1 aromatic rings. The fourth-order valence-corrected chi connectivity index (χ4v) is 1.78. The van der Waals surface area contributed by atoms with Crippen molar-refractivity contribution in [3.63, 3.8) is 0 Å². The lowest BCUT2D eigenvalue weighted by atomic mass is 10.1. The second-order valence-corrected chi connectivity index (χ2v) is 5.11. The van der Waals surface area contributed by atoms with E-state index in [4.69, 9.17) is 10.8 Å². The van der Waals surface area contributed by atoms with Crippen molar-refractivity contribution in [2.45, 2.75) is 26.3 Å². The standard InChI is InChI=1S/C12H15FN2O2/c1-12(2)5-10(12)15-9-4-7(13)6(11(16)17)3-8(9)14/h3-4,10,15H,5,14H2,1-2H3,(H,16,17). The molecule has 1 unspecified atom stereocenters. The Morgan fingerprint density at radius 2 is 2.18 bits per heavy atom. The molecule has 0 amide bonds. The average molecular weight is 238 g/mol. The van der Waals surface area contributed by atoms with Crippen LogP contribution < -0.4 is 11.1 Å². The largest absolute Gasteiger partial charge is 0.478 e. The summed E-state index contributed by atoms with van der Waals surface area (Å²) in [5.74, 6) is -2.08. The summed E-state index contributed by atoms with van der Waals surface area (Å²) in [5.41, 5.74) is 6.21. The van der Waals surface area contributed by atoms with E-state index in [1.165, 1.54) is 0 Å². The van der Waals surface area contributed by atoms with Gasteiger partial charge in [0.1, 0.15) is 5.82 Å². The highest BCUT2D eigenvalue weighted by atomic mass is 19.1. The number of carboxylic acids is 1. The summed E-state index contributed by atoms with van der Waals surface area (Å²) in [6, 6.07) is 2.56. The zero-order valence-corrected chi connectivity index (χ0v) is 9.75. The molecule has 1 aliphatic rings. The number of nitrogens with one attached hydrogen (secondary N) is 1. The summed E-state index contributed by atoms with van der Waals surface area (Å²) in [6.45, 7) is 4.20. The molecule has 0 saturated heterocycles. The maximum absolute atomic E-state index is 13.5. The van der Waals surface area contributed by atoms with E-state index in [0.717, 1.165) is 18.6 Å². The minimum absolute atomic E-state index is 0.189. The van der Waals surface area contributed by atoms with Gasteiger partial charge in [-0.05, 0) is 24.0 Å². The molecule has 0 bridgehead atoms. The molecule has 1 atom stereocenters. The van der Waals surface area contributed by atoms with Gasteiger partial charge in [0.15, 0.2) is 0 Å². The van der Waals surface area contributed by atoms with Crippen molar-refractivity contribution in [1.29, 1.82) is 0 Å². The Bertz CT molecular complexity index is 486. The van der Waals surface area contributed by atoms with Crippen LogP contribution >= 0.6 is 0 Å². The van der Waals surface area contributed by atoms with E-state index >= 15 is 0 Å². The van der Waals surface area contributed by atoms with E-state index in [2.05, 4.69) is 19.2 Å². The first-order valence-electron chi connectivity index (χ1n) is 5.40. The minimum atomic E-state index is -1.31. The minimum Gasteiger partial charge on any atom is -0.478 e. The molecule has 17 heavy (non-hydrogen) atoms. The number of aromatic carboxylic acids is 1. The van der Waals surface area contributed by atoms with Gasteiger partial charge < -0.3 is 16.2 Å². The third-order valence-corrected chi connectivity index (χ3v) is 3.21. The fourth-order valence-electron chi connectivity index (χ4n) is 1.78. The highest BCUT2D eigenvalue weighted by molar-refractivity contribution is 5.90. The number of halogens is 1. The van der Waals surface area contributed by atoms with Gasteiger partial charge in [-0.15, -0.1) is 0 Å². The van der Waals surface area contributed by atoms with Crippen LogP contribution in [0, 0.1) is 11.2 Å². The molecule has 1 saturated carbocycles. The van der Waals surface area contributed by atoms with Crippen molar-refractivity contribution in [3.8, 4) is 0 Å². The third kappa shape index (κ3) is 2.18. The summed E-state index contributed by atoms with van der Waals surface area (Å²) in [7, 11) is 0. The lowest BCUT2D eigenvalue weighted by Crippen LogP contribution is -2.12. The van der Waals surface area contributed by atoms with E-state index in [0.29, 0.717) is 5.69 Å². The van der Waals surface area contributed by atoms with E-state index in [1.807, 2.05) is 0 Å². The quantitative estimate of drug-likeness (QED) is 0.706. The summed E-state index contributed by atoms with van der Waals surface area (Å²) in [4.78, 5) is 10.7. The number of nitrogens with two attached hydrogens (primary N) is 1. The van der Waals surface area contributed by atoms with E-state index in [9.17, 15) is 9.18 Å². The van der Waals surface area contributed by atoms with Gasteiger partial charge in [0.05, 0.1) is 16.9 Å². The summed E-state index contributed by atoms with van der Waals surface area (Å²) < 4.78 is 13.5. The topological polar surface area (TPSA) is 75.3 Å². The van der Waals surface area contributed by atoms with Gasteiger partial charge in [-0.2, -0.15) is 0 Å². The highest BCUT2D eigenvalue weighted by Crippen LogP contribution is 2.47. The number of carbonyl (C=O) groups is 1. The third-order valence-electron chi connectivity index (χ3n) is 3.21. The second-order valence-electron chi connectivity index (χ2n) is 5.11. The maximum Gasteiger partial charge on any atom is 0.338 e. The van der Waals surface area contributed by atoms with Gasteiger partial charge in [-0.3, -0.25) is 0 Å². The predicted octanol–water partition coefficient (Wildman–Crippen LogP) is 2.32. The Hall–Kier alpha value is -1.78. The first-order valence-corrected chi connectivity index (χ1v) is 5.40. The lowest BCUT2D eigenvalue weighted by Gasteiger charge is -2.12. The number of hydrogen-bond acceptors (Lipinski definition) is 3. The second kappa shape index (κ2) is 3.61.